The van der Waals surface area contributed by atoms with Gasteiger partial charge in [0.1, 0.15) is 0 Å². The van der Waals surface area contributed by atoms with E-state index in [0.29, 0.717) is 12.8 Å². The van der Waals surface area contributed by atoms with E-state index in [9.17, 15) is 9.59 Å². The first kappa shape index (κ1) is 15.5. The van der Waals surface area contributed by atoms with E-state index >= 15 is 0 Å². The molecule has 0 aliphatic heterocycles. The van der Waals surface area contributed by atoms with Crippen molar-refractivity contribution < 1.29 is 14.3 Å². The van der Waals surface area contributed by atoms with Crippen molar-refractivity contribution in [1.29, 1.82) is 0 Å². The van der Waals surface area contributed by atoms with E-state index in [-0.39, 0.29) is 24.8 Å². The molecule has 4 nitrogen and oxygen atoms in total. The van der Waals surface area contributed by atoms with Crippen LogP contribution in [0.5, 0.6) is 0 Å². The zero-order valence-corrected chi connectivity index (χ0v) is 13.4. The average molecular weight is 327 g/mol. The van der Waals surface area contributed by atoms with Crippen LogP contribution in [0.15, 0.2) is 48.0 Å². The Morgan fingerprint density at radius 1 is 1.13 bits per heavy atom. The second kappa shape index (κ2) is 7.24. The molecule has 0 aliphatic carbocycles. The minimum absolute atomic E-state index is 0.104. The van der Waals surface area contributed by atoms with E-state index in [1.54, 1.807) is 0 Å². The highest BCUT2D eigenvalue weighted by atomic mass is 32.1. The summed E-state index contributed by atoms with van der Waals surface area (Å²) in [5, 5.41) is 2.92. The number of Topliss-reactive ketones (excluding diaryl/α,β-unsaturated/α-hetero) is 1. The van der Waals surface area contributed by atoms with Gasteiger partial charge in [-0.3, -0.25) is 9.59 Å². The monoisotopic (exact) mass is 327 g/mol. The predicted molar refractivity (Wildman–Crippen MR) is 90.8 cm³/mol. The molecule has 5 heteroatoms. The Hall–Kier alpha value is -2.40. The first-order valence-electron chi connectivity index (χ1n) is 7.51. The number of carbonyl (C=O) groups is 2. The summed E-state index contributed by atoms with van der Waals surface area (Å²) in [4.78, 5) is 27.6. The van der Waals surface area contributed by atoms with Crippen LogP contribution in [0.3, 0.4) is 0 Å². The summed E-state index contributed by atoms with van der Waals surface area (Å²) in [5.41, 5.74) is 1.94. The second-order valence-corrected chi connectivity index (χ2v) is 6.21. The Morgan fingerprint density at radius 3 is 2.83 bits per heavy atom. The van der Waals surface area contributed by atoms with E-state index in [4.69, 9.17) is 4.74 Å². The highest BCUT2D eigenvalue weighted by Crippen LogP contribution is 2.18. The number of thiophene rings is 1. The molecule has 0 bridgehead atoms. The van der Waals surface area contributed by atoms with Gasteiger partial charge in [-0.2, -0.15) is 0 Å². The van der Waals surface area contributed by atoms with Crippen molar-refractivity contribution in [3.05, 3.63) is 58.4 Å². The molecule has 0 fully saturated rings. The van der Waals surface area contributed by atoms with Crippen molar-refractivity contribution >= 4 is 34.0 Å². The van der Waals surface area contributed by atoms with Crippen molar-refractivity contribution in [2.45, 2.75) is 19.3 Å². The summed E-state index contributed by atoms with van der Waals surface area (Å²) in [6.07, 6.45) is 3.03. The van der Waals surface area contributed by atoms with Gasteiger partial charge in [0.15, 0.2) is 5.78 Å². The summed E-state index contributed by atoms with van der Waals surface area (Å²) >= 11 is 1.44. The van der Waals surface area contributed by atoms with E-state index in [1.165, 1.54) is 11.3 Å². The number of aromatic amines is 1. The molecule has 2 aromatic heterocycles. The van der Waals surface area contributed by atoms with Crippen molar-refractivity contribution in [1.82, 2.24) is 4.98 Å². The van der Waals surface area contributed by atoms with E-state index in [1.807, 2.05) is 48.0 Å². The fraction of sp³-hybridized carbons (Fsp3) is 0.222. The number of hydrogen-bond donors (Lipinski definition) is 1. The van der Waals surface area contributed by atoms with Gasteiger partial charge in [0.2, 0.25) is 0 Å². The Balaban J connectivity index is 1.44. The Bertz CT molecular complexity index is 805. The van der Waals surface area contributed by atoms with E-state index in [0.717, 1.165) is 21.3 Å². The maximum atomic E-state index is 11.9. The lowest BCUT2D eigenvalue weighted by atomic mass is 10.1. The smallest absolute Gasteiger partial charge is 0.310 e. The molecule has 23 heavy (non-hydrogen) atoms. The zero-order chi connectivity index (χ0) is 16.1. The third-order valence-electron chi connectivity index (χ3n) is 3.62. The molecule has 1 N–H and O–H groups in total. The van der Waals surface area contributed by atoms with Gasteiger partial charge in [0.25, 0.3) is 0 Å². The predicted octanol–water partition coefficient (Wildman–Crippen LogP) is 3.98. The van der Waals surface area contributed by atoms with Gasteiger partial charge in [-0.25, -0.2) is 0 Å². The van der Waals surface area contributed by atoms with E-state index < -0.39 is 0 Å². The van der Waals surface area contributed by atoms with Gasteiger partial charge < -0.3 is 9.72 Å². The van der Waals surface area contributed by atoms with Crippen molar-refractivity contribution in [2.75, 3.05) is 6.61 Å². The van der Waals surface area contributed by atoms with Crippen LogP contribution in [0, 0.1) is 0 Å². The lowest BCUT2D eigenvalue weighted by molar-refractivity contribution is -0.142. The van der Waals surface area contributed by atoms with Crippen LogP contribution >= 0.6 is 11.3 Å². The number of H-pyrrole nitrogens is 1. The Labute approximate surface area is 138 Å². The number of aromatic nitrogens is 1. The summed E-state index contributed by atoms with van der Waals surface area (Å²) < 4.78 is 5.23. The summed E-state index contributed by atoms with van der Waals surface area (Å²) in [6, 6.07) is 11.5. The maximum absolute atomic E-state index is 11.9. The molecule has 0 amide bonds. The largest absolute Gasteiger partial charge is 0.465 e. The maximum Gasteiger partial charge on any atom is 0.310 e. The first-order chi connectivity index (χ1) is 11.2. The minimum atomic E-state index is -0.265. The van der Waals surface area contributed by atoms with Crippen molar-refractivity contribution in [2.24, 2.45) is 0 Å². The molecule has 3 aromatic rings. The number of ether oxygens (including phenoxy) is 1. The Kier molecular flexibility index (Phi) is 4.88. The van der Waals surface area contributed by atoms with Gasteiger partial charge in [-0.05, 0) is 29.5 Å². The molecule has 0 saturated heterocycles. The van der Waals surface area contributed by atoms with Crippen LogP contribution < -0.4 is 0 Å². The highest BCUT2D eigenvalue weighted by molar-refractivity contribution is 7.12. The number of rotatable bonds is 7. The van der Waals surface area contributed by atoms with Crippen LogP contribution in [0.4, 0.5) is 0 Å². The number of nitrogens with one attached hydrogen (secondary N) is 1. The molecule has 3 rings (SSSR count). The number of hydrogen-bond acceptors (Lipinski definition) is 4. The molecule has 0 aliphatic rings. The van der Waals surface area contributed by atoms with Crippen LogP contribution in [0.2, 0.25) is 0 Å². The standard InChI is InChI=1S/C18H17NO3S/c20-16(17-8-4-10-23-17)7-3-9-22-18(21)11-13-12-19-15-6-2-1-5-14(13)15/h1-2,4-6,8,10,12,19H,3,7,9,11H2. The number of benzene rings is 1. The van der Waals surface area contributed by atoms with Gasteiger partial charge in [0, 0.05) is 23.5 Å². The number of fused-ring (bicyclic) bond motifs is 1. The third kappa shape index (κ3) is 3.87. The molecule has 0 radical (unpaired) electrons. The van der Waals surface area contributed by atoms with Gasteiger partial charge in [-0.1, -0.05) is 24.3 Å². The summed E-state index contributed by atoms with van der Waals surface area (Å²) in [5.74, 6) is -0.161. The fourth-order valence-electron chi connectivity index (χ4n) is 2.46. The van der Waals surface area contributed by atoms with Gasteiger partial charge in [0.05, 0.1) is 17.9 Å². The lowest BCUT2D eigenvalue weighted by Crippen LogP contribution is -2.10. The minimum Gasteiger partial charge on any atom is -0.465 e. The normalized spacial score (nSPS) is 10.8. The van der Waals surface area contributed by atoms with Gasteiger partial charge in [-0.15, -0.1) is 11.3 Å². The number of esters is 1. The molecule has 2 heterocycles. The summed E-state index contributed by atoms with van der Waals surface area (Å²) in [7, 11) is 0. The lowest BCUT2D eigenvalue weighted by Gasteiger charge is -2.04. The van der Waals surface area contributed by atoms with Crippen molar-refractivity contribution in [3.8, 4) is 0 Å². The van der Waals surface area contributed by atoms with E-state index in [2.05, 4.69) is 4.98 Å². The molecule has 1 aromatic carbocycles. The SMILES string of the molecule is O=C(Cc1c[nH]c2ccccc12)OCCCC(=O)c1cccs1. The van der Waals surface area contributed by atoms with Crippen LogP contribution in [0.1, 0.15) is 28.1 Å². The molecule has 0 unspecified atom stereocenters. The van der Waals surface area contributed by atoms with Crippen LogP contribution in [-0.4, -0.2) is 23.3 Å². The molecule has 118 valence electrons. The summed E-state index contributed by atoms with van der Waals surface area (Å²) in [6.45, 7) is 0.276. The van der Waals surface area contributed by atoms with Crippen LogP contribution in [0.25, 0.3) is 10.9 Å². The van der Waals surface area contributed by atoms with Gasteiger partial charge >= 0.3 is 5.97 Å². The number of carbonyl (C=O) groups excluding carboxylic acids is 2. The average Bonchev–Trinajstić information content (AvgIpc) is 3.22. The Morgan fingerprint density at radius 2 is 2.00 bits per heavy atom. The van der Waals surface area contributed by atoms with Crippen LogP contribution in [-0.2, 0) is 16.0 Å². The first-order valence-corrected chi connectivity index (χ1v) is 8.39. The highest BCUT2D eigenvalue weighted by Gasteiger charge is 2.10. The zero-order valence-electron chi connectivity index (χ0n) is 12.6. The fourth-order valence-corrected chi connectivity index (χ4v) is 3.16. The molecule has 0 spiro atoms. The number of ketones is 1. The topological polar surface area (TPSA) is 59.2 Å². The molecular weight excluding hydrogens is 310 g/mol. The quantitative estimate of drug-likeness (QED) is 0.406. The van der Waals surface area contributed by atoms with Crippen molar-refractivity contribution in [3.63, 3.8) is 0 Å². The number of para-hydroxylation sites is 1. The molecular formula is C18H17NO3S. The molecule has 0 atom stereocenters. The second-order valence-electron chi connectivity index (χ2n) is 5.26. The third-order valence-corrected chi connectivity index (χ3v) is 4.53. The molecule has 0 saturated carbocycles.